The minimum absolute atomic E-state index is 0.308. The Morgan fingerprint density at radius 2 is 1.80 bits per heavy atom. The molecule has 4 heteroatoms. The van der Waals surface area contributed by atoms with Crippen molar-refractivity contribution in [2.75, 3.05) is 26.2 Å². The number of hydrogen-bond acceptors (Lipinski definition) is 3. The summed E-state index contributed by atoms with van der Waals surface area (Å²) in [5, 5.41) is 14.5. The van der Waals surface area contributed by atoms with E-state index in [-0.39, 0.29) is 0 Å². The third-order valence-electron chi connectivity index (χ3n) is 1.96. The van der Waals surface area contributed by atoms with E-state index in [1.54, 1.807) is 0 Å². The van der Waals surface area contributed by atoms with E-state index in [1.165, 1.54) is 0 Å². The summed E-state index contributed by atoms with van der Waals surface area (Å²) in [6.45, 7) is 4.03. The van der Waals surface area contributed by atoms with Gasteiger partial charge in [0, 0.05) is 26.2 Å². The lowest BCUT2D eigenvalue weighted by Crippen LogP contribution is -2.68. The van der Waals surface area contributed by atoms with Gasteiger partial charge in [-0.2, -0.15) is 0 Å². The van der Waals surface area contributed by atoms with Gasteiger partial charge in [0.25, 0.3) is 0 Å². The highest BCUT2D eigenvalue weighted by Gasteiger charge is 2.26. The highest BCUT2D eigenvalue weighted by molar-refractivity contribution is 4.86. The highest BCUT2D eigenvalue weighted by atomic mass is 15.3. The Balaban J connectivity index is 1.93. The fourth-order valence-electron chi connectivity index (χ4n) is 1.45. The molecule has 0 bridgehead atoms. The van der Waals surface area contributed by atoms with E-state index in [2.05, 4.69) is 21.3 Å². The van der Waals surface area contributed by atoms with Crippen LogP contribution in [0, 0.1) is 0 Å². The quantitative estimate of drug-likeness (QED) is 0.367. The summed E-state index contributed by atoms with van der Waals surface area (Å²) in [6, 6.07) is 0. The van der Waals surface area contributed by atoms with Crippen molar-refractivity contribution in [1.82, 2.24) is 21.3 Å². The fraction of sp³-hybridized carbons (Fsp3) is 1.00. The van der Waals surface area contributed by atoms with Crippen LogP contribution in [0.1, 0.15) is 0 Å². The summed E-state index contributed by atoms with van der Waals surface area (Å²) in [7, 11) is 0. The van der Waals surface area contributed by atoms with Crippen molar-refractivity contribution in [1.29, 1.82) is 0 Å². The van der Waals surface area contributed by atoms with Gasteiger partial charge in [0.15, 0.2) is 0 Å². The third-order valence-corrected chi connectivity index (χ3v) is 1.96. The maximum atomic E-state index is 4.42. The molecule has 2 fully saturated rings. The average molecular weight is 141 g/mol. The summed E-state index contributed by atoms with van der Waals surface area (Å²) in [5.74, 6) is 0. The van der Waals surface area contributed by atoms with Crippen LogP contribution >= 0.6 is 0 Å². The van der Waals surface area contributed by atoms with Crippen LogP contribution < -0.4 is 21.3 Å². The molecule has 0 saturated carbocycles. The molecule has 0 amide bonds. The van der Waals surface area contributed by atoms with E-state index in [0.717, 1.165) is 26.2 Å². The molecule has 57 valence electrons. The molecule has 0 aromatic rings. The van der Waals surface area contributed by atoms with Crippen LogP contribution in [0.15, 0.2) is 0 Å². The van der Waals surface area contributed by atoms with Gasteiger partial charge < -0.3 is 0 Å². The number of nitrogens with zero attached hydrogens (tertiary/aromatic N) is 1. The average Bonchev–Trinajstić information content (AvgIpc) is 2.05. The Kier molecular flexibility index (Phi) is 1.86. The second-order valence-corrected chi connectivity index (χ2v) is 2.69. The maximum Gasteiger partial charge on any atom is 0.103 e. The molecule has 1 radical (unpaired) electrons. The first-order valence-electron chi connectivity index (χ1n) is 3.83. The summed E-state index contributed by atoms with van der Waals surface area (Å²) >= 11 is 0. The first-order valence-corrected chi connectivity index (χ1v) is 3.83. The maximum absolute atomic E-state index is 4.42. The lowest BCUT2D eigenvalue weighted by molar-refractivity contribution is 0.207. The Morgan fingerprint density at radius 1 is 1.00 bits per heavy atom. The summed E-state index contributed by atoms with van der Waals surface area (Å²) < 4.78 is 0. The van der Waals surface area contributed by atoms with Gasteiger partial charge in [0.2, 0.25) is 0 Å². The minimum Gasteiger partial charge on any atom is -0.298 e. The Hall–Kier alpha value is -0.160. The summed E-state index contributed by atoms with van der Waals surface area (Å²) in [6.07, 6.45) is 0.685. The predicted molar refractivity (Wildman–Crippen MR) is 38.6 cm³/mol. The Labute approximate surface area is 60.8 Å². The fourth-order valence-corrected chi connectivity index (χ4v) is 1.45. The van der Waals surface area contributed by atoms with E-state index in [9.17, 15) is 0 Å². The first kappa shape index (κ1) is 6.54. The number of fused-ring (bicyclic) bond motifs is 1. The molecule has 2 rings (SSSR count). The van der Waals surface area contributed by atoms with Crippen LogP contribution in [0.3, 0.4) is 0 Å². The second-order valence-electron chi connectivity index (χ2n) is 2.69. The minimum atomic E-state index is 0.308. The van der Waals surface area contributed by atoms with Crippen LogP contribution in [0.4, 0.5) is 0 Å². The molecule has 2 heterocycles. The second kappa shape index (κ2) is 2.84. The molecular weight excluding hydrogens is 128 g/mol. The zero-order chi connectivity index (χ0) is 6.81. The largest absolute Gasteiger partial charge is 0.298 e. The van der Waals surface area contributed by atoms with Gasteiger partial charge >= 0.3 is 0 Å². The van der Waals surface area contributed by atoms with Gasteiger partial charge in [-0.3, -0.25) is 16.0 Å². The van der Waals surface area contributed by atoms with Crippen LogP contribution in [0.2, 0.25) is 0 Å². The molecule has 0 aliphatic carbocycles. The molecule has 2 atom stereocenters. The van der Waals surface area contributed by atoms with Crippen LogP contribution in [0.25, 0.3) is 0 Å². The van der Waals surface area contributed by atoms with Crippen molar-refractivity contribution < 1.29 is 0 Å². The lowest BCUT2D eigenvalue weighted by atomic mass is 10.2. The molecule has 2 aliphatic rings. The third kappa shape index (κ3) is 1.15. The Bertz CT molecular complexity index is 90.3. The molecule has 4 nitrogen and oxygen atoms in total. The van der Waals surface area contributed by atoms with Gasteiger partial charge in [-0.05, 0) is 0 Å². The van der Waals surface area contributed by atoms with E-state index in [4.69, 9.17) is 0 Å². The number of rotatable bonds is 0. The van der Waals surface area contributed by atoms with Crippen molar-refractivity contribution in [3.8, 4) is 0 Å². The van der Waals surface area contributed by atoms with Gasteiger partial charge in [-0.25, -0.2) is 5.32 Å². The topological polar surface area (TPSA) is 50.2 Å². The molecule has 2 saturated heterocycles. The molecule has 0 aromatic carbocycles. The monoisotopic (exact) mass is 141 g/mol. The van der Waals surface area contributed by atoms with Crippen molar-refractivity contribution in [2.24, 2.45) is 0 Å². The van der Waals surface area contributed by atoms with Crippen molar-refractivity contribution >= 4 is 0 Å². The predicted octanol–water partition coefficient (Wildman–Crippen LogP) is -1.96. The van der Waals surface area contributed by atoms with E-state index in [0.29, 0.717) is 12.3 Å². The Morgan fingerprint density at radius 3 is 2.70 bits per heavy atom. The molecule has 2 unspecified atom stereocenters. The van der Waals surface area contributed by atoms with E-state index >= 15 is 0 Å². The van der Waals surface area contributed by atoms with Gasteiger partial charge in [0.05, 0.1) is 6.17 Å². The van der Waals surface area contributed by atoms with Crippen molar-refractivity contribution in [3.05, 3.63) is 0 Å². The van der Waals surface area contributed by atoms with Crippen LogP contribution in [0.5, 0.6) is 0 Å². The standard InChI is InChI=1S/C6H13N4/c1-2-8-6-5(7-1)9-3-4-10-6/h5-9H,1-4H2. The number of piperazine rings is 2. The normalized spacial score (nSPS) is 40.8. The van der Waals surface area contributed by atoms with Crippen LogP contribution in [-0.2, 0) is 0 Å². The summed E-state index contributed by atoms with van der Waals surface area (Å²) in [5.41, 5.74) is 0. The van der Waals surface area contributed by atoms with E-state index in [1.807, 2.05) is 0 Å². The molecule has 2 aliphatic heterocycles. The van der Waals surface area contributed by atoms with Gasteiger partial charge in [0.1, 0.15) is 6.17 Å². The highest BCUT2D eigenvalue weighted by Crippen LogP contribution is 1.96. The van der Waals surface area contributed by atoms with Crippen molar-refractivity contribution in [2.45, 2.75) is 12.3 Å². The SMILES string of the molecule is C1CNC2NCCNC2[N]1. The molecule has 3 N–H and O–H groups in total. The molecular formula is C6H13N4. The van der Waals surface area contributed by atoms with E-state index < -0.39 is 0 Å². The zero-order valence-corrected chi connectivity index (χ0v) is 5.93. The van der Waals surface area contributed by atoms with Gasteiger partial charge in [-0.15, -0.1) is 0 Å². The molecule has 10 heavy (non-hydrogen) atoms. The number of nitrogens with one attached hydrogen (secondary N) is 3. The molecule has 0 spiro atoms. The summed E-state index contributed by atoms with van der Waals surface area (Å²) in [4.78, 5) is 0. The smallest absolute Gasteiger partial charge is 0.103 e. The molecule has 0 aromatic heterocycles. The van der Waals surface area contributed by atoms with Crippen molar-refractivity contribution in [3.63, 3.8) is 0 Å². The van der Waals surface area contributed by atoms with Gasteiger partial charge in [-0.1, -0.05) is 0 Å². The zero-order valence-electron chi connectivity index (χ0n) is 5.93. The number of hydrogen-bond donors (Lipinski definition) is 3. The first-order chi connectivity index (χ1) is 4.97. The lowest BCUT2D eigenvalue weighted by Gasteiger charge is -2.37. The van der Waals surface area contributed by atoms with Crippen LogP contribution in [-0.4, -0.2) is 38.5 Å².